The first-order valence-electron chi connectivity index (χ1n) is 10.6. The molecule has 2 aromatic carbocycles. The predicted molar refractivity (Wildman–Crippen MR) is 121 cm³/mol. The molecule has 2 aromatic rings. The lowest BCUT2D eigenvalue weighted by atomic mass is 10.1. The maximum atomic E-state index is 12.4. The number of carbonyl (C=O) groups is 3. The van der Waals surface area contributed by atoms with Crippen molar-refractivity contribution < 1.29 is 14.4 Å². The van der Waals surface area contributed by atoms with Crippen LogP contribution in [0.5, 0.6) is 0 Å². The summed E-state index contributed by atoms with van der Waals surface area (Å²) in [5.41, 5.74) is 3.56. The number of carbonyl (C=O) groups excluding carboxylic acids is 3. The summed E-state index contributed by atoms with van der Waals surface area (Å²) < 4.78 is 0. The van der Waals surface area contributed by atoms with Crippen LogP contribution in [0.3, 0.4) is 0 Å². The van der Waals surface area contributed by atoms with Crippen LogP contribution in [0.1, 0.15) is 27.9 Å². The Bertz CT molecular complexity index is 919. The molecule has 164 valence electrons. The van der Waals surface area contributed by atoms with Gasteiger partial charge in [-0.25, -0.2) is 0 Å². The topological polar surface area (TPSA) is 81.8 Å². The number of benzene rings is 2. The smallest absolute Gasteiger partial charge is 0.251 e. The summed E-state index contributed by atoms with van der Waals surface area (Å²) in [6.45, 7) is 7.04. The van der Waals surface area contributed by atoms with Crippen molar-refractivity contribution in [1.29, 1.82) is 0 Å². The Morgan fingerprint density at radius 1 is 0.903 bits per heavy atom. The van der Waals surface area contributed by atoms with Crippen molar-refractivity contribution in [2.75, 3.05) is 44.6 Å². The van der Waals surface area contributed by atoms with Gasteiger partial charge in [-0.1, -0.05) is 35.4 Å². The summed E-state index contributed by atoms with van der Waals surface area (Å²) in [4.78, 5) is 40.7. The van der Waals surface area contributed by atoms with Crippen molar-refractivity contribution >= 4 is 23.4 Å². The van der Waals surface area contributed by atoms with E-state index < -0.39 is 0 Å². The molecule has 0 bridgehead atoms. The van der Waals surface area contributed by atoms with Gasteiger partial charge in [0.2, 0.25) is 11.8 Å². The lowest BCUT2D eigenvalue weighted by Gasteiger charge is -2.34. The molecule has 2 N–H and O–H groups in total. The average Bonchev–Trinajstić information content (AvgIpc) is 2.75. The molecule has 0 saturated carbocycles. The molecule has 3 rings (SSSR count). The third kappa shape index (κ3) is 6.93. The number of amides is 3. The van der Waals surface area contributed by atoms with Gasteiger partial charge in [0.25, 0.3) is 5.91 Å². The summed E-state index contributed by atoms with van der Waals surface area (Å²) >= 11 is 0. The van der Waals surface area contributed by atoms with Gasteiger partial charge in [-0.05, 0) is 38.1 Å². The summed E-state index contributed by atoms with van der Waals surface area (Å²) in [6, 6.07) is 15.1. The average molecular weight is 423 g/mol. The first kappa shape index (κ1) is 22.5. The summed E-state index contributed by atoms with van der Waals surface area (Å²) in [6.07, 6.45) is 0.269. The van der Waals surface area contributed by atoms with Gasteiger partial charge < -0.3 is 15.5 Å². The number of rotatable bonds is 7. The minimum absolute atomic E-state index is 0.0216. The Labute approximate surface area is 183 Å². The highest BCUT2D eigenvalue weighted by atomic mass is 16.2. The first-order chi connectivity index (χ1) is 14.9. The van der Waals surface area contributed by atoms with Crippen LogP contribution in [0.25, 0.3) is 0 Å². The van der Waals surface area contributed by atoms with E-state index >= 15 is 0 Å². The Hall–Kier alpha value is -3.19. The lowest BCUT2D eigenvalue weighted by molar-refractivity contribution is -0.132. The SMILES string of the molecule is Cc1ccc(NC(=O)CN2CCN(C(=O)CCNC(=O)c3cccc(C)c3)CC2)cc1. The molecule has 7 nitrogen and oxygen atoms in total. The second kappa shape index (κ2) is 10.7. The highest BCUT2D eigenvalue weighted by Crippen LogP contribution is 2.09. The zero-order chi connectivity index (χ0) is 22.2. The Balaban J connectivity index is 1.35. The fraction of sp³-hybridized carbons (Fsp3) is 0.375. The third-order valence-corrected chi connectivity index (χ3v) is 5.33. The highest BCUT2D eigenvalue weighted by molar-refractivity contribution is 5.94. The summed E-state index contributed by atoms with van der Waals surface area (Å²) in [7, 11) is 0. The van der Waals surface area contributed by atoms with Crippen LogP contribution in [0.15, 0.2) is 48.5 Å². The molecule has 1 aliphatic rings. The highest BCUT2D eigenvalue weighted by Gasteiger charge is 2.22. The van der Waals surface area contributed by atoms with Crippen molar-refractivity contribution in [3.63, 3.8) is 0 Å². The van der Waals surface area contributed by atoms with Crippen LogP contribution < -0.4 is 10.6 Å². The van der Waals surface area contributed by atoms with Crippen molar-refractivity contribution in [3.8, 4) is 0 Å². The fourth-order valence-electron chi connectivity index (χ4n) is 3.53. The van der Waals surface area contributed by atoms with E-state index in [1.54, 1.807) is 11.0 Å². The molecule has 0 radical (unpaired) electrons. The van der Waals surface area contributed by atoms with E-state index in [9.17, 15) is 14.4 Å². The molecule has 0 spiro atoms. The molecule has 1 saturated heterocycles. The second-order valence-corrected chi connectivity index (χ2v) is 7.95. The zero-order valence-corrected chi connectivity index (χ0v) is 18.2. The van der Waals surface area contributed by atoms with Crippen LogP contribution in [0, 0.1) is 13.8 Å². The number of hydrogen-bond acceptors (Lipinski definition) is 4. The van der Waals surface area contributed by atoms with E-state index in [0.717, 1.165) is 16.8 Å². The number of hydrogen-bond donors (Lipinski definition) is 2. The fourth-order valence-corrected chi connectivity index (χ4v) is 3.53. The predicted octanol–water partition coefficient (Wildman–Crippen LogP) is 2.21. The minimum Gasteiger partial charge on any atom is -0.352 e. The molecular weight excluding hydrogens is 392 g/mol. The van der Waals surface area contributed by atoms with E-state index in [-0.39, 0.29) is 24.1 Å². The molecule has 1 aliphatic heterocycles. The standard InChI is InChI=1S/C24H30N4O3/c1-18-6-8-21(9-7-18)26-22(29)17-27-12-14-28(15-13-27)23(30)10-11-25-24(31)20-5-3-4-19(2)16-20/h3-9,16H,10-15,17H2,1-2H3,(H,25,31)(H,26,29). The van der Waals surface area contributed by atoms with Crippen LogP contribution in [0.4, 0.5) is 5.69 Å². The van der Waals surface area contributed by atoms with Crippen molar-refractivity contribution in [3.05, 3.63) is 65.2 Å². The molecule has 1 heterocycles. The quantitative estimate of drug-likeness (QED) is 0.717. The maximum absolute atomic E-state index is 12.4. The van der Waals surface area contributed by atoms with Gasteiger partial charge in [0.05, 0.1) is 6.54 Å². The van der Waals surface area contributed by atoms with E-state index in [2.05, 4.69) is 10.6 Å². The van der Waals surface area contributed by atoms with E-state index in [1.807, 2.05) is 61.2 Å². The number of nitrogens with zero attached hydrogens (tertiary/aromatic N) is 2. The number of anilines is 1. The van der Waals surface area contributed by atoms with Gasteiger partial charge in [-0.2, -0.15) is 0 Å². The van der Waals surface area contributed by atoms with Crippen LogP contribution >= 0.6 is 0 Å². The molecule has 31 heavy (non-hydrogen) atoms. The summed E-state index contributed by atoms with van der Waals surface area (Å²) in [5.74, 6) is -0.198. The van der Waals surface area contributed by atoms with E-state index in [0.29, 0.717) is 44.8 Å². The monoisotopic (exact) mass is 422 g/mol. The Kier molecular flexibility index (Phi) is 7.78. The van der Waals surface area contributed by atoms with Gasteiger partial charge >= 0.3 is 0 Å². The van der Waals surface area contributed by atoms with Crippen LogP contribution in [-0.2, 0) is 9.59 Å². The minimum atomic E-state index is -0.166. The molecule has 0 aromatic heterocycles. The van der Waals surface area contributed by atoms with Gasteiger partial charge in [-0.15, -0.1) is 0 Å². The number of nitrogens with one attached hydrogen (secondary N) is 2. The summed E-state index contributed by atoms with van der Waals surface area (Å²) in [5, 5.41) is 5.71. The molecule has 0 aliphatic carbocycles. The third-order valence-electron chi connectivity index (χ3n) is 5.33. The van der Waals surface area contributed by atoms with Gasteiger partial charge in [0.1, 0.15) is 0 Å². The van der Waals surface area contributed by atoms with Gasteiger partial charge in [0, 0.05) is 50.4 Å². The second-order valence-electron chi connectivity index (χ2n) is 7.95. The molecule has 1 fully saturated rings. The van der Waals surface area contributed by atoms with Gasteiger partial charge in [0.15, 0.2) is 0 Å². The Morgan fingerprint density at radius 3 is 2.29 bits per heavy atom. The van der Waals surface area contributed by atoms with E-state index in [1.165, 1.54) is 0 Å². The Morgan fingerprint density at radius 2 is 1.61 bits per heavy atom. The molecule has 3 amide bonds. The largest absolute Gasteiger partial charge is 0.352 e. The number of aryl methyl sites for hydroxylation is 2. The zero-order valence-electron chi connectivity index (χ0n) is 18.2. The lowest BCUT2D eigenvalue weighted by Crippen LogP contribution is -2.50. The van der Waals surface area contributed by atoms with E-state index in [4.69, 9.17) is 0 Å². The van der Waals surface area contributed by atoms with Gasteiger partial charge in [-0.3, -0.25) is 19.3 Å². The van der Waals surface area contributed by atoms with Crippen molar-refractivity contribution in [2.24, 2.45) is 0 Å². The van der Waals surface area contributed by atoms with Crippen LogP contribution in [-0.4, -0.2) is 66.8 Å². The first-order valence-corrected chi connectivity index (χ1v) is 10.6. The molecule has 0 atom stereocenters. The maximum Gasteiger partial charge on any atom is 0.251 e. The van der Waals surface area contributed by atoms with Crippen molar-refractivity contribution in [1.82, 2.24) is 15.1 Å². The number of piperazine rings is 1. The molecule has 0 unspecified atom stereocenters. The van der Waals surface area contributed by atoms with Crippen molar-refractivity contribution in [2.45, 2.75) is 20.3 Å². The molecule has 7 heteroatoms. The van der Waals surface area contributed by atoms with Crippen LogP contribution in [0.2, 0.25) is 0 Å². The normalized spacial score (nSPS) is 14.2. The molecular formula is C24H30N4O3.